The molecule has 0 bridgehead atoms. The highest BCUT2D eigenvalue weighted by molar-refractivity contribution is 5.69. The summed E-state index contributed by atoms with van der Waals surface area (Å²) in [7, 11) is 0. The van der Waals surface area contributed by atoms with Crippen LogP contribution in [0.1, 0.15) is 31.2 Å². The van der Waals surface area contributed by atoms with Gasteiger partial charge in [-0.3, -0.25) is 4.79 Å². The molecule has 0 saturated heterocycles. The van der Waals surface area contributed by atoms with Gasteiger partial charge in [0, 0.05) is 12.1 Å². The minimum atomic E-state index is -0.0783. The third-order valence-electron chi connectivity index (χ3n) is 2.85. The predicted octanol–water partition coefficient (Wildman–Crippen LogP) is 1.47. The number of aromatic nitrogens is 2. The highest BCUT2D eigenvalue weighted by atomic mass is 16.5. The van der Waals surface area contributed by atoms with Crippen molar-refractivity contribution in [3.63, 3.8) is 0 Å². The molecule has 1 aromatic rings. The number of carbonyl (C=O) groups excluding carboxylic acids is 1. The summed E-state index contributed by atoms with van der Waals surface area (Å²) in [6.07, 6.45) is 5.21. The van der Waals surface area contributed by atoms with Gasteiger partial charge in [-0.15, -0.1) is 0 Å². The summed E-state index contributed by atoms with van der Waals surface area (Å²) in [5.74, 6) is 0.336. The second kappa shape index (κ2) is 4.47. The van der Waals surface area contributed by atoms with Gasteiger partial charge >= 0.3 is 5.97 Å². The maximum Gasteiger partial charge on any atom is 0.306 e. The van der Waals surface area contributed by atoms with Gasteiger partial charge in [-0.2, -0.15) is 0 Å². The zero-order valence-electron chi connectivity index (χ0n) is 8.95. The molecule has 4 heteroatoms. The number of hydrogen-bond donors (Lipinski definition) is 1. The van der Waals surface area contributed by atoms with E-state index in [1.54, 1.807) is 6.33 Å². The van der Waals surface area contributed by atoms with E-state index in [2.05, 4.69) is 9.97 Å². The zero-order valence-corrected chi connectivity index (χ0v) is 8.95. The van der Waals surface area contributed by atoms with Gasteiger partial charge in [-0.05, 0) is 32.1 Å². The van der Waals surface area contributed by atoms with E-state index in [9.17, 15) is 4.79 Å². The number of H-pyrrole nitrogens is 1. The van der Waals surface area contributed by atoms with Gasteiger partial charge in [-0.1, -0.05) is 0 Å². The summed E-state index contributed by atoms with van der Waals surface area (Å²) in [4.78, 5) is 18.7. The number of nitrogens with zero attached hydrogens (tertiary/aromatic N) is 1. The first kappa shape index (κ1) is 10.2. The van der Waals surface area contributed by atoms with Gasteiger partial charge in [-0.25, -0.2) is 4.98 Å². The lowest BCUT2D eigenvalue weighted by Crippen LogP contribution is -2.19. The SMILES string of the molecule is CCOC(=O)CC1CCc2nc[nH]c2C1. The van der Waals surface area contributed by atoms with Crippen molar-refractivity contribution in [1.29, 1.82) is 0 Å². The van der Waals surface area contributed by atoms with Crippen LogP contribution >= 0.6 is 0 Å². The van der Waals surface area contributed by atoms with Gasteiger partial charge in [0.25, 0.3) is 0 Å². The van der Waals surface area contributed by atoms with E-state index in [0.29, 0.717) is 18.9 Å². The fraction of sp³-hybridized carbons (Fsp3) is 0.636. The Hall–Kier alpha value is -1.32. The van der Waals surface area contributed by atoms with E-state index in [1.165, 1.54) is 5.69 Å². The molecule has 0 radical (unpaired) electrons. The highest BCUT2D eigenvalue weighted by Gasteiger charge is 2.22. The Labute approximate surface area is 89.0 Å². The van der Waals surface area contributed by atoms with Crippen LogP contribution in [-0.4, -0.2) is 22.5 Å². The maximum atomic E-state index is 11.3. The van der Waals surface area contributed by atoms with Crippen molar-refractivity contribution in [2.45, 2.75) is 32.6 Å². The van der Waals surface area contributed by atoms with E-state index in [1.807, 2.05) is 6.92 Å². The van der Waals surface area contributed by atoms with Crippen molar-refractivity contribution in [2.75, 3.05) is 6.61 Å². The predicted molar refractivity (Wildman–Crippen MR) is 55.4 cm³/mol. The van der Waals surface area contributed by atoms with Crippen LogP contribution in [0.2, 0.25) is 0 Å². The summed E-state index contributed by atoms with van der Waals surface area (Å²) < 4.78 is 4.95. The van der Waals surface area contributed by atoms with E-state index < -0.39 is 0 Å². The molecule has 0 amide bonds. The van der Waals surface area contributed by atoms with Crippen LogP contribution in [-0.2, 0) is 22.4 Å². The van der Waals surface area contributed by atoms with Gasteiger partial charge in [0.2, 0.25) is 0 Å². The summed E-state index contributed by atoms with van der Waals surface area (Å²) in [6.45, 7) is 2.31. The molecule has 82 valence electrons. The summed E-state index contributed by atoms with van der Waals surface area (Å²) in [5.41, 5.74) is 2.35. The summed E-state index contributed by atoms with van der Waals surface area (Å²) in [5, 5.41) is 0. The minimum Gasteiger partial charge on any atom is -0.466 e. The molecular formula is C11H16N2O2. The zero-order chi connectivity index (χ0) is 10.7. The Morgan fingerprint density at radius 3 is 3.40 bits per heavy atom. The number of ether oxygens (including phenoxy) is 1. The van der Waals surface area contributed by atoms with Crippen LogP contribution in [0.5, 0.6) is 0 Å². The number of imidazole rings is 1. The van der Waals surface area contributed by atoms with E-state index >= 15 is 0 Å². The Balaban J connectivity index is 1.90. The smallest absolute Gasteiger partial charge is 0.306 e. The molecule has 1 heterocycles. The van der Waals surface area contributed by atoms with Gasteiger partial charge in [0.15, 0.2) is 0 Å². The number of nitrogens with one attached hydrogen (secondary N) is 1. The van der Waals surface area contributed by atoms with Crippen molar-refractivity contribution in [3.8, 4) is 0 Å². The molecule has 0 fully saturated rings. The molecule has 1 aromatic heterocycles. The molecule has 4 nitrogen and oxygen atoms in total. The number of carbonyl (C=O) groups is 1. The number of aromatic amines is 1. The molecule has 2 rings (SSSR count). The van der Waals surface area contributed by atoms with Crippen molar-refractivity contribution < 1.29 is 9.53 Å². The molecule has 1 N–H and O–H groups in total. The first-order chi connectivity index (χ1) is 7.29. The number of rotatable bonds is 3. The first-order valence-electron chi connectivity index (χ1n) is 5.46. The Morgan fingerprint density at radius 2 is 2.60 bits per heavy atom. The quantitative estimate of drug-likeness (QED) is 0.765. The highest BCUT2D eigenvalue weighted by Crippen LogP contribution is 2.25. The first-order valence-corrected chi connectivity index (χ1v) is 5.46. The molecule has 0 spiro atoms. The lowest BCUT2D eigenvalue weighted by atomic mass is 9.87. The number of aryl methyl sites for hydroxylation is 1. The topological polar surface area (TPSA) is 55.0 Å². The molecular weight excluding hydrogens is 192 g/mol. The van der Waals surface area contributed by atoms with E-state index in [-0.39, 0.29) is 5.97 Å². The van der Waals surface area contributed by atoms with Gasteiger partial charge in [0.05, 0.1) is 18.6 Å². The Morgan fingerprint density at radius 1 is 1.73 bits per heavy atom. The average Bonchev–Trinajstić information content (AvgIpc) is 2.65. The van der Waals surface area contributed by atoms with Crippen molar-refractivity contribution in [3.05, 3.63) is 17.7 Å². The van der Waals surface area contributed by atoms with Crippen molar-refractivity contribution in [2.24, 2.45) is 5.92 Å². The lowest BCUT2D eigenvalue weighted by molar-refractivity contribution is -0.144. The van der Waals surface area contributed by atoms with E-state index in [4.69, 9.17) is 4.74 Å². The van der Waals surface area contributed by atoms with Crippen LogP contribution < -0.4 is 0 Å². The molecule has 1 atom stereocenters. The minimum absolute atomic E-state index is 0.0783. The third kappa shape index (κ3) is 2.37. The second-order valence-electron chi connectivity index (χ2n) is 3.95. The molecule has 0 saturated carbocycles. The van der Waals surface area contributed by atoms with E-state index in [0.717, 1.165) is 25.0 Å². The average molecular weight is 208 g/mol. The van der Waals surface area contributed by atoms with Crippen LogP contribution in [0.25, 0.3) is 0 Å². The Bertz CT molecular complexity index is 346. The molecule has 0 aliphatic heterocycles. The summed E-state index contributed by atoms with van der Waals surface area (Å²) in [6, 6.07) is 0. The Kier molecular flexibility index (Phi) is 3.04. The monoisotopic (exact) mass is 208 g/mol. The standard InChI is InChI=1S/C11H16N2O2/c1-2-15-11(14)6-8-3-4-9-10(5-8)13-7-12-9/h7-8H,2-6H2,1H3,(H,12,13). The second-order valence-corrected chi connectivity index (χ2v) is 3.95. The molecule has 1 aliphatic carbocycles. The fourth-order valence-electron chi connectivity index (χ4n) is 2.10. The largest absolute Gasteiger partial charge is 0.466 e. The fourth-order valence-corrected chi connectivity index (χ4v) is 2.10. The summed E-state index contributed by atoms with van der Waals surface area (Å²) >= 11 is 0. The normalized spacial score (nSPS) is 19.7. The number of fused-ring (bicyclic) bond motifs is 1. The van der Waals surface area contributed by atoms with Crippen molar-refractivity contribution in [1.82, 2.24) is 9.97 Å². The van der Waals surface area contributed by atoms with Gasteiger partial charge < -0.3 is 9.72 Å². The molecule has 1 aliphatic rings. The maximum absolute atomic E-state index is 11.3. The lowest BCUT2D eigenvalue weighted by Gasteiger charge is -2.20. The molecule has 0 aromatic carbocycles. The third-order valence-corrected chi connectivity index (χ3v) is 2.85. The van der Waals surface area contributed by atoms with Crippen molar-refractivity contribution >= 4 is 5.97 Å². The van der Waals surface area contributed by atoms with Crippen LogP contribution in [0, 0.1) is 5.92 Å². The number of esters is 1. The van der Waals surface area contributed by atoms with Gasteiger partial charge in [0.1, 0.15) is 0 Å². The van der Waals surface area contributed by atoms with Crippen LogP contribution in [0.3, 0.4) is 0 Å². The number of hydrogen-bond acceptors (Lipinski definition) is 3. The van der Waals surface area contributed by atoms with Crippen LogP contribution in [0.15, 0.2) is 6.33 Å². The molecule has 1 unspecified atom stereocenters. The van der Waals surface area contributed by atoms with Crippen LogP contribution in [0.4, 0.5) is 0 Å². The molecule has 15 heavy (non-hydrogen) atoms.